The van der Waals surface area contributed by atoms with Gasteiger partial charge in [-0.1, -0.05) is 52.8 Å². The lowest BCUT2D eigenvalue weighted by atomic mass is 10.2. The van der Waals surface area contributed by atoms with E-state index in [0.717, 1.165) is 11.4 Å². The second-order valence-corrected chi connectivity index (χ2v) is 3.47. The first-order valence-corrected chi connectivity index (χ1v) is 6.70. The molecular formula is C16H28N4. The van der Waals surface area contributed by atoms with E-state index in [1.54, 1.807) is 0 Å². The van der Waals surface area contributed by atoms with Crippen LogP contribution in [-0.4, -0.2) is 17.3 Å². The summed E-state index contributed by atoms with van der Waals surface area (Å²) >= 11 is 0. The lowest BCUT2D eigenvalue weighted by Gasteiger charge is -1.99. The Morgan fingerprint density at radius 3 is 1.80 bits per heavy atom. The van der Waals surface area contributed by atoms with Crippen LogP contribution in [0.4, 0.5) is 5.69 Å². The second kappa shape index (κ2) is 10.9. The summed E-state index contributed by atoms with van der Waals surface area (Å²) < 4.78 is 0. The smallest absolute Gasteiger partial charge is 0.173 e. The normalized spacial score (nSPS) is 14.0. The largest absolute Gasteiger partial charge is 0.380 e. The highest BCUT2D eigenvalue weighted by molar-refractivity contribution is 6.69. The number of aliphatic imine (C=N–C) groups is 1. The third-order valence-corrected chi connectivity index (χ3v) is 2.17. The monoisotopic (exact) mass is 276 g/mol. The predicted octanol–water partition coefficient (Wildman–Crippen LogP) is 4.50. The first-order valence-electron chi connectivity index (χ1n) is 6.70. The maximum atomic E-state index is 5.65. The SMILES string of the molecule is C.CC.CC.CC1=NN=C(N)C1=Nc1ccc(C)cc1. The molecular weight excluding hydrogens is 248 g/mol. The number of amidine groups is 1. The number of aryl methyl sites for hydroxylation is 1. The van der Waals surface area contributed by atoms with Crippen molar-refractivity contribution in [1.82, 2.24) is 0 Å². The van der Waals surface area contributed by atoms with Crippen LogP contribution in [0.1, 0.15) is 47.6 Å². The number of rotatable bonds is 1. The molecule has 4 heteroatoms. The molecule has 2 rings (SSSR count). The van der Waals surface area contributed by atoms with Gasteiger partial charge in [-0.05, 0) is 26.0 Å². The van der Waals surface area contributed by atoms with Crippen LogP contribution in [0.5, 0.6) is 0 Å². The Morgan fingerprint density at radius 1 is 0.900 bits per heavy atom. The lowest BCUT2D eigenvalue weighted by Crippen LogP contribution is -2.25. The van der Waals surface area contributed by atoms with Crippen molar-refractivity contribution < 1.29 is 0 Å². The van der Waals surface area contributed by atoms with Gasteiger partial charge in [0.05, 0.1) is 11.4 Å². The third kappa shape index (κ3) is 5.78. The van der Waals surface area contributed by atoms with Crippen molar-refractivity contribution in [2.45, 2.75) is 49.0 Å². The summed E-state index contributed by atoms with van der Waals surface area (Å²) in [5, 5.41) is 7.63. The number of benzene rings is 1. The van der Waals surface area contributed by atoms with Crippen LogP contribution in [0.15, 0.2) is 39.5 Å². The molecule has 0 spiro atoms. The van der Waals surface area contributed by atoms with E-state index in [9.17, 15) is 0 Å². The van der Waals surface area contributed by atoms with Gasteiger partial charge in [-0.15, -0.1) is 5.10 Å². The summed E-state index contributed by atoms with van der Waals surface area (Å²) in [6, 6.07) is 7.91. The first kappa shape index (κ1) is 20.3. The zero-order valence-corrected chi connectivity index (χ0v) is 12.7. The summed E-state index contributed by atoms with van der Waals surface area (Å²) in [4.78, 5) is 4.39. The molecule has 0 bridgehead atoms. The average Bonchev–Trinajstić information content (AvgIpc) is 2.77. The van der Waals surface area contributed by atoms with Gasteiger partial charge in [0.15, 0.2) is 5.84 Å². The molecule has 0 radical (unpaired) electrons. The summed E-state index contributed by atoms with van der Waals surface area (Å²) in [7, 11) is 0. The van der Waals surface area contributed by atoms with Crippen LogP contribution in [0, 0.1) is 6.92 Å². The molecule has 0 aromatic heterocycles. The zero-order chi connectivity index (χ0) is 14.8. The predicted molar refractivity (Wildman–Crippen MR) is 92.4 cm³/mol. The molecule has 0 unspecified atom stereocenters. The third-order valence-electron chi connectivity index (χ3n) is 2.17. The fraction of sp³-hybridized carbons (Fsp3) is 0.438. The van der Waals surface area contributed by atoms with Gasteiger partial charge in [-0.3, -0.25) is 0 Å². The van der Waals surface area contributed by atoms with Gasteiger partial charge in [0.25, 0.3) is 0 Å². The molecule has 0 fully saturated rings. The number of nitrogens with zero attached hydrogens (tertiary/aromatic N) is 3. The average molecular weight is 276 g/mol. The molecule has 0 amide bonds. The highest BCUT2D eigenvalue weighted by atomic mass is 15.3. The summed E-state index contributed by atoms with van der Waals surface area (Å²) in [5.41, 5.74) is 9.15. The van der Waals surface area contributed by atoms with Crippen molar-refractivity contribution in [3.05, 3.63) is 29.8 Å². The van der Waals surface area contributed by atoms with Gasteiger partial charge in [0.2, 0.25) is 0 Å². The number of nitrogens with two attached hydrogens (primary N) is 1. The van der Waals surface area contributed by atoms with Crippen LogP contribution in [0.2, 0.25) is 0 Å². The number of hydrogen-bond donors (Lipinski definition) is 1. The van der Waals surface area contributed by atoms with Gasteiger partial charge >= 0.3 is 0 Å². The molecule has 0 aliphatic carbocycles. The minimum atomic E-state index is 0. The highest BCUT2D eigenvalue weighted by Gasteiger charge is 2.14. The Hall–Kier alpha value is -1.97. The van der Waals surface area contributed by atoms with E-state index in [2.05, 4.69) is 15.2 Å². The van der Waals surface area contributed by atoms with Crippen LogP contribution in [-0.2, 0) is 0 Å². The van der Waals surface area contributed by atoms with Gasteiger partial charge < -0.3 is 5.73 Å². The highest BCUT2D eigenvalue weighted by Crippen LogP contribution is 2.14. The van der Waals surface area contributed by atoms with Crippen LogP contribution >= 0.6 is 0 Å². The summed E-state index contributed by atoms with van der Waals surface area (Å²) in [5.74, 6) is 0.382. The molecule has 1 aliphatic rings. The lowest BCUT2D eigenvalue weighted by molar-refractivity contribution is 1.25. The molecule has 1 heterocycles. The first-order chi connectivity index (χ1) is 9.16. The van der Waals surface area contributed by atoms with E-state index >= 15 is 0 Å². The molecule has 1 aliphatic heterocycles. The Morgan fingerprint density at radius 2 is 1.40 bits per heavy atom. The second-order valence-electron chi connectivity index (χ2n) is 3.47. The molecule has 2 N–H and O–H groups in total. The minimum absolute atomic E-state index is 0. The van der Waals surface area contributed by atoms with Crippen molar-refractivity contribution in [1.29, 1.82) is 0 Å². The maximum absolute atomic E-state index is 5.65. The molecule has 4 nitrogen and oxygen atoms in total. The fourth-order valence-electron chi connectivity index (χ4n) is 1.30. The molecule has 112 valence electrons. The quantitative estimate of drug-likeness (QED) is 0.806. The van der Waals surface area contributed by atoms with Gasteiger partial charge in [-0.2, -0.15) is 5.10 Å². The van der Waals surface area contributed by atoms with E-state index in [1.807, 2.05) is 65.8 Å². The van der Waals surface area contributed by atoms with E-state index in [4.69, 9.17) is 5.73 Å². The molecule has 0 atom stereocenters. The van der Waals surface area contributed by atoms with Crippen molar-refractivity contribution in [2.75, 3.05) is 0 Å². The van der Waals surface area contributed by atoms with Crippen molar-refractivity contribution in [3.63, 3.8) is 0 Å². The molecule has 1 aromatic carbocycles. The van der Waals surface area contributed by atoms with Crippen LogP contribution < -0.4 is 5.73 Å². The molecule has 1 aromatic rings. The van der Waals surface area contributed by atoms with Gasteiger partial charge in [0, 0.05) is 0 Å². The molecule has 0 saturated heterocycles. The van der Waals surface area contributed by atoms with Crippen LogP contribution in [0.3, 0.4) is 0 Å². The minimum Gasteiger partial charge on any atom is -0.380 e. The number of hydrogen-bond acceptors (Lipinski definition) is 4. The fourth-order valence-corrected chi connectivity index (χ4v) is 1.30. The van der Waals surface area contributed by atoms with Gasteiger partial charge in [0.1, 0.15) is 5.71 Å². The Bertz CT molecular complexity index is 448. The van der Waals surface area contributed by atoms with Crippen molar-refractivity contribution in [2.24, 2.45) is 20.9 Å². The maximum Gasteiger partial charge on any atom is 0.173 e. The summed E-state index contributed by atoms with van der Waals surface area (Å²) in [6.45, 7) is 11.9. The van der Waals surface area contributed by atoms with E-state index in [0.29, 0.717) is 11.5 Å². The standard InChI is InChI=1S/C11H12N4.2C2H6.CH4/c1-7-3-5-9(6-4-7)13-10-8(2)14-15-11(10)12;2*1-2;/h3-6H,1-2H3,(H2,12,13,15);2*1-2H3;1H4. The van der Waals surface area contributed by atoms with Crippen LogP contribution in [0.25, 0.3) is 0 Å². The van der Waals surface area contributed by atoms with Crippen molar-refractivity contribution in [3.8, 4) is 0 Å². The van der Waals surface area contributed by atoms with E-state index in [1.165, 1.54) is 5.56 Å². The topological polar surface area (TPSA) is 63.1 Å². The van der Waals surface area contributed by atoms with E-state index < -0.39 is 0 Å². The zero-order valence-electron chi connectivity index (χ0n) is 12.7. The van der Waals surface area contributed by atoms with E-state index in [-0.39, 0.29) is 7.43 Å². The van der Waals surface area contributed by atoms with Gasteiger partial charge in [-0.25, -0.2) is 4.99 Å². The molecule has 0 saturated carbocycles. The molecule has 20 heavy (non-hydrogen) atoms. The summed E-state index contributed by atoms with van der Waals surface area (Å²) in [6.07, 6.45) is 0. The Labute approximate surface area is 123 Å². The Balaban J connectivity index is 0. The van der Waals surface area contributed by atoms with Crippen molar-refractivity contribution >= 4 is 22.9 Å². The Kier molecular flexibility index (Phi) is 11.1.